The van der Waals surface area contributed by atoms with Crippen molar-refractivity contribution in [2.24, 2.45) is 0 Å². The molecule has 27 heavy (non-hydrogen) atoms. The van der Waals surface area contributed by atoms with Crippen molar-refractivity contribution in [1.82, 2.24) is 5.32 Å². The molecule has 0 fully saturated rings. The van der Waals surface area contributed by atoms with Crippen LogP contribution in [0.1, 0.15) is 89.9 Å². The van der Waals surface area contributed by atoms with Gasteiger partial charge in [-0.25, -0.2) is 0 Å². The van der Waals surface area contributed by atoms with Crippen LogP contribution in [0.2, 0.25) is 0 Å². The van der Waals surface area contributed by atoms with Crippen molar-refractivity contribution >= 4 is 11.9 Å². The maximum atomic E-state index is 11.3. The fourth-order valence-corrected chi connectivity index (χ4v) is 2.72. The quantitative estimate of drug-likeness (QED) is 0.222. The van der Waals surface area contributed by atoms with Crippen LogP contribution in [0.15, 0.2) is 24.3 Å². The van der Waals surface area contributed by atoms with E-state index in [1.165, 1.54) is 44.9 Å². The lowest BCUT2D eigenvalue weighted by molar-refractivity contribution is -0.137. The highest BCUT2D eigenvalue weighted by molar-refractivity contribution is 5.80. The Hall–Kier alpha value is -1.62. The molecule has 0 atom stereocenters. The van der Waals surface area contributed by atoms with Crippen LogP contribution in [0.4, 0.5) is 0 Å². The van der Waals surface area contributed by atoms with E-state index in [1.807, 2.05) is 0 Å². The van der Waals surface area contributed by atoms with E-state index in [9.17, 15) is 9.59 Å². The Labute approximate surface area is 164 Å². The van der Waals surface area contributed by atoms with E-state index in [-0.39, 0.29) is 12.5 Å². The van der Waals surface area contributed by atoms with E-state index in [4.69, 9.17) is 10.2 Å². The van der Waals surface area contributed by atoms with Crippen LogP contribution >= 0.6 is 0 Å². The first-order chi connectivity index (χ1) is 13.2. The first-order valence-corrected chi connectivity index (χ1v) is 10.6. The van der Waals surface area contributed by atoms with Crippen molar-refractivity contribution in [3.05, 3.63) is 24.3 Å². The summed E-state index contributed by atoms with van der Waals surface area (Å²) in [4.78, 5) is 21.6. The zero-order chi connectivity index (χ0) is 20.0. The lowest BCUT2D eigenvalue weighted by Crippen LogP contribution is -2.28. The molecule has 0 aliphatic heterocycles. The summed E-state index contributed by atoms with van der Waals surface area (Å²) < 4.78 is 0. The number of hydrogen-bond donors (Lipinski definition) is 3. The molecule has 0 aliphatic carbocycles. The minimum atomic E-state index is -1.01. The number of hydrogen-bond acceptors (Lipinski definition) is 3. The minimum Gasteiger partial charge on any atom is -0.480 e. The number of aliphatic hydroxyl groups is 1. The predicted octanol–water partition coefficient (Wildman–Crippen LogP) is 4.75. The van der Waals surface area contributed by atoms with Crippen LogP contribution in [0, 0.1) is 0 Å². The number of carbonyl (C=O) groups is 2. The van der Waals surface area contributed by atoms with Gasteiger partial charge in [0.1, 0.15) is 6.54 Å². The number of aliphatic hydroxyl groups excluding tert-OH is 1. The zero-order valence-electron chi connectivity index (χ0n) is 16.8. The highest BCUT2D eigenvalue weighted by Gasteiger charge is 2.02. The SMILES string of the molecule is O=C(O)CNC(=O)CCCC=CCCCCCCCC=CCCCCCO. The van der Waals surface area contributed by atoms with Crippen LogP contribution in [0.25, 0.3) is 0 Å². The summed E-state index contributed by atoms with van der Waals surface area (Å²) in [5.74, 6) is -1.20. The molecule has 3 N–H and O–H groups in total. The average Bonchev–Trinajstić information content (AvgIpc) is 2.65. The molecule has 0 aromatic rings. The van der Waals surface area contributed by atoms with Crippen molar-refractivity contribution in [3.63, 3.8) is 0 Å². The number of rotatable bonds is 19. The van der Waals surface area contributed by atoms with Gasteiger partial charge < -0.3 is 15.5 Å². The van der Waals surface area contributed by atoms with Gasteiger partial charge in [-0.05, 0) is 57.8 Å². The second-order valence-corrected chi connectivity index (χ2v) is 6.92. The second kappa shape index (κ2) is 20.7. The van der Waals surface area contributed by atoms with E-state index < -0.39 is 5.97 Å². The van der Waals surface area contributed by atoms with E-state index in [1.54, 1.807) is 0 Å². The Kier molecular flexibility index (Phi) is 19.4. The van der Waals surface area contributed by atoms with Gasteiger partial charge in [0.25, 0.3) is 0 Å². The average molecular weight is 382 g/mol. The standard InChI is InChI=1S/C22H39NO4/c24-19-17-15-13-11-9-7-5-3-1-2-4-6-8-10-12-14-16-18-21(25)23-20-22(26)27/h7,9-10,12,24H,1-6,8,11,13-20H2,(H,23,25)(H,26,27). The lowest BCUT2D eigenvalue weighted by atomic mass is 10.1. The van der Waals surface area contributed by atoms with E-state index in [0.717, 1.165) is 38.5 Å². The molecule has 5 heteroatoms. The minimum absolute atomic E-state index is 0.192. The van der Waals surface area contributed by atoms with Gasteiger partial charge in [-0.1, -0.05) is 50.0 Å². The molecule has 0 aliphatic rings. The number of unbranched alkanes of at least 4 members (excludes halogenated alkanes) is 10. The lowest BCUT2D eigenvalue weighted by Gasteiger charge is -2.00. The largest absolute Gasteiger partial charge is 0.480 e. The molecule has 0 heterocycles. The maximum absolute atomic E-state index is 11.3. The third kappa shape index (κ3) is 22.3. The molecule has 0 spiro atoms. The summed E-state index contributed by atoms with van der Waals surface area (Å²) >= 11 is 0. The molecule has 0 rings (SSSR count). The van der Waals surface area contributed by atoms with Crippen molar-refractivity contribution in [3.8, 4) is 0 Å². The Bertz CT molecular complexity index is 419. The summed E-state index contributed by atoms with van der Waals surface area (Å²) in [5, 5.41) is 19.5. The summed E-state index contributed by atoms with van der Waals surface area (Å²) in [6.45, 7) is 0.0186. The second-order valence-electron chi connectivity index (χ2n) is 6.92. The summed E-state index contributed by atoms with van der Waals surface area (Å²) in [6, 6.07) is 0. The molecule has 0 bridgehead atoms. The first kappa shape index (κ1) is 25.4. The first-order valence-electron chi connectivity index (χ1n) is 10.6. The molecule has 5 nitrogen and oxygen atoms in total. The fraction of sp³-hybridized carbons (Fsp3) is 0.727. The van der Waals surface area contributed by atoms with Crippen LogP contribution in [-0.4, -0.2) is 35.2 Å². The number of nitrogens with one attached hydrogen (secondary N) is 1. The number of carboxylic acids is 1. The molecule has 1 amide bonds. The van der Waals surface area contributed by atoms with Crippen molar-refractivity contribution in [2.75, 3.05) is 13.2 Å². The molecule has 0 aromatic carbocycles. The van der Waals surface area contributed by atoms with Gasteiger partial charge in [0, 0.05) is 13.0 Å². The van der Waals surface area contributed by atoms with Gasteiger partial charge in [0.15, 0.2) is 0 Å². The number of amides is 1. The molecular formula is C22H39NO4. The highest BCUT2D eigenvalue weighted by atomic mass is 16.4. The smallest absolute Gasteiger partial charge is 0.322 e. The van der Waals surface area contributed by atoms with E-state index >= 15 is 0 Å². The van der Waals surface area contributed by atoms with Gasteiger partial charge in [-0.15, -0.1) is 0 Å². The summed E-state index contributed by atoms with van der Waals surface area (Å²) in [6.07, 6.45) is 23.9. The van der Waals surface area contributed by atoms with E-state index in [2.05, 4.69) is 29.6 Å². The predicted molar refractivity (Wildman–Crippen MR) is 111 cm³/mol. The fourth-order valence-electron chi connectivity index (χ4n) is 2.72. The normalized spacial score (nSPS) is 11.4. The molecule has 156 valence electrons. The summed E-state index contributed by atoms with van der Waals surface area (Å²) in [5.41, 5.74) is 0. The van der Waals surface area contributed by atoms with Crippen molar-refractivity contribution < 1.29 is 19.8 Å². The van der Waals surface area contributed by atoms with Crippen LogP contribution in [-0.2, 0) is 9.59 Å². The number of aliphatic carboxylic acids is 1. The Morgan fingerprint density at radius 3 is 1.59 bits per heavy atom. The molecule has 0 unspecified atom stereocenters. The zero-order valence-corrected chi connectivity index (χ0v) is 16.8. The monoisotopic (exact) mass is 381 g/mol. The van der Waals surface area contributed by atoms with Gasteiger partial charge >= 0.3 is 5.97 Å². The van der Waals surface area contributed by atoms with Crippen LogP contribution in [0.5, 0.6) is 0 Å². The number of allylic oxidation sites excluding steroid dienone is 4. The molecule has 0 saturated carbocycles. The molecule has 0 saturated heterocycles. The van der Waals surface area contributed by atoms with Gasteiger partial charge in [0.05, 0.1) is 0 Å². The highest BCUT2D eigenvalue weighted by Crippen LogP contribution is 2.09. The number of carbonyl (C=O) groups excluding carboxylic acids is 1. The maximum Gasteiger partial charge on any atom is 0.322 e. The molecular weight excluding hydrogens is 342 g/mol. The van der Waals surface area contributed by atoms with E-state index in [0.29, 0.717) is 13.0 Å². The number of carboxylic acid groups (broad SMARTS) is 1. The van der Waals surface area contributed by atoms with Gasteiger partial charge in [-0.2, -0.15) is 0 Å². The Balaban J connectivity index is 3.25. The van der Waals surface area contributed by atoms with Crippen LogP contribution in [0.3, 0.4) is 0 Å². The van der Waals surface area contributed by atoms with Crippen molar-refractivity contribution in [1.29, 1.82) is 0 Å². The third-order valence-electron chi connectivity index (χ3n) is 4.32. The summed E-state index contributed by atoms with van der Waals surface area (Å²) in [7, 11) is 0. The Morgan fingerprint density at radius 2 is 1.11 bits per heavy atom. The van der Waals surface area contributed by atoms with Gasteiger partial charge in [0.2, 0.25) is 5.91 Å². The molecule has 0 radical (unpaired) electrons. The molecule has 0 aromatic heterocycles. The topological polar surface area (TPSA) is 86.6 Å². The van der Waals surface area contributed by atoms with Gasteiger partial charge in [-0.3, -0.25) is 9.59 Å². The Morgan fingerprint density at radius 1 is 0.667 bits per heavy atom. The van der Waals surface area contributed by atoms with Crippen LogP contribution < -0.4 is 5.32 Å². The van der Waals surface area contributed by atoms with Crippen molar-refractivity contribution in [2.45, 2.75) is 89.9 Å². The third-order valence-corrected chi connectivity index (χ3v) is 4.32.